The number of nitro benzene ring substituents is 1. The lowest BCUT2D eigenvalue weighted by Gasteiger charge is -2.35. The number of carbonyl (C=O) groups excluding carboxylic acids is 2. The third kappa shape index (κ3) is 5.26. The van der Waals surface area contributed by atoms with Gasteiger partial charge in [-0.3, -0.25) is 14.9 Å². The minimum Gasteiger partial charge on any atom is -0.462 e. The van der Waals surface area contributed by atoms with Crippen molar-refractivity contribution in [1.82, 2.24) is 4.90 Å². The summed E-state index contributed by atoms with van der Waals surface area (Å²) >= 11 is 12.2. The van der Waals surface area contributed by atoms with E-state index in [-0.39, 0.29) is 29.5 Å². The molecule has 2 aromatic carbocycles. The van der Waals surface area contributed by atoms with Gasteiger partial charge in [-0.2, -0.15) is 0 Å². The van der Waals surface area contributed by atoms with Gasteiger partial charge < -0.3 is 19.0 Å². The largest absolute Gasteiger partial charge is 0.462 e. The molecule has 0 saturated carbocycles. The Labute approximate surface area is 210 Å². The summed E-state index contributed by atoms with van der Waals surface area (Å²) in [6.07, 6.45) is 0. The molecule has 2 heterocycles. The number of anilines is 1. The van der Waals surface area contributed by atoms with Crippen LogP contribution in [0.3, 0.4) is 0 Å². The molecule has 0 spiro atoms. The molecule has 0 unspecified atom stereocenters. The van der Waals surface area contributed by atoms with Crippen LogP contribution in [-0.2, 0) is 4.74 Å². The van der Waals surface area contributed by atoms with Crippen molar-refractivity contribution in [2.75, 3.05) is 37.7 Å². The van der Waals surface area contributed by atoms with Crippen LogP contribution in [0, 0.1) is 10.1 Å². The maximum Gasteiger partial charge on any atom is 0.338 e. The molecule has 182 valence electrons. The molecule has 0 N–H and O–H groups in total. The van der Waals surface area contributed by atoms with Crippen molar-refractivity contribution in [3.8, 4) is 11.3 Å². The summed E-state index contributed by atoms with van der Waals surface area (Å²) in [5.74, 6) is -0.279. The van der Waals surface area contributed by atoms with Crippen LogP contribution in [-0.4, -0.2) is 54.5 Å². The second kappa shape index (κ2) is 10.4. The average Bonchev–Trinajstić information content (AvgIpc) is 3.33. The first-order valence-electron chi connectivity index (χ1n) is 10.8. The number of hydrogen-bond donors (Lipinski definition) is 0. The molecule has 3 aromatic rings. The van der Waals surface area contributed by atoms with E-state index in [1.807, 2.05) is 4.90 Å². The van der Waals surface area contributed by atoms with E-state index < -0.39 is 10.9 Å². The van der Waals surface area contributed by atoms with Crippen LogP contribution in [0.15, 0.2) is 52.9 Å². The highest BCUT2D eigenvalue weighted by atomic mass is 35.5. The normalized spacial score (nSPS) is 13.6. The van der Waals surface area contributed by atoms with E-state index >= 15 is 0 Å². The molecule has 11 heteroatoms. The van der Waals surface area contributed by atoms with Crippen LogP contribution in [0.1, 0.15) is 27.8 Å². The molecule has 0 aliphatic carbocycles. The van der Waals surface area contributed by atoms with Crippen molar-refractivity contribution in [2.45, 2.75) is 6.92 Å². The monoisotopic (exact) mass is 517 g/mol. The van der Waals surface area contributed by atoms with Gasteiger partial charge in [0.2, 0.25) is 0 Å². The molecule has 0 radical (unpaired) electrons. The van der Waals surface area contributed by atoms with E-state index in [1.54, 1.807) is 42.2 Å². The molecule has 0 atom stereocenters. The number of hydrogen-bond acceptors (Lipinski definition) is 7. The number of rotatable bonds is 6. The van der Waals surface area contributed by atoms with Crippen molar-refractivity contribution in [3.63, 3.8) is 0 Å². The lowest BCUT2D eigenvalue weighted by Crippen LogP contribution is -2.48. The van der Waals surface area contributed by atoms with Gasteiger partial charge in [0.1, 0.15) is 11.4 Å². The molecule has 9 nitrogen and oxygen atoms in total. The molecule has 35 heavy (non-hydrogen) atoms. The van der Waals surface area contributed by atoms with Crippen LogP contribution in [0.2, 0.25) is 10.0 Å². The van der Waals surface area contributed by atoms with E-state index in [1.165, 1.54) is 18.2 Å². The van der Waals surface area contributed by atoms with Gasteiger partial charge in [0, 0.05) is 42.8 Å². The zero-order valence-electron chi connectivity index (χ0n) is 18.7. The van der Waals surface area contributed by atoms with Gasteiger partial charge >= 0.3 is 5.97 Å². The first-order chi connectivity index (χ1) is 16.8. The minimum atomic E-state index is -0.615. The summed E-state index contributed by atoms with van der Waals surface area (Å²) in [6.45, 7) is 3.27. The van der Waals surface area contributed by atoms with Gasteiger partial charge in [-0.15, -0.1) is 0 Å². The van der Waals surface area contributed by atoms with Crippen LogP contribution in [0.25, 0.3) is 11.3 Å². The maximum absolute atomic E-state index is 13.0. The topological polar surface area (TPSA) is 106 Å². The summed E-state index contributed by atoms with van der Waals surface area (Å²) in [6, 6.07) is 12.5. The van der Waals surface area contributed by atoms with Gasteiger partial charge in [-0.1, -0.05) is 23.2 Å². The SMILES string of the molecule is CCOC(=O)c1ccc(N2CCN(C(=O)c3ccc(-c4ccc(Cl)cc4Cl)o3)CC2)c([N+](=O)[O-])c1. The van der Waals surface area contributed by atoms with E-state index in [2.05, 4.69) is 0 Å². The van der Waals surface area contributed by atoms with Gasteiger partial charge in [-0.25, -0.2) is 4.79 Å². The van der Waals surface area contributed by atoms with Crippen LogP contribution in [0.5, 0.6) is 0 Å². The number of piperazine rings is 1. The number of esters is 1. The second-order valence-electron chi connectivity index (χ2n) is 7.75. The molecule has 1 aliphatic heterocycles. The Hall–Kier alpha value is -3.56. The van der Waals surface area contributed by atoms with Crippen molar-refractivity contribution in [2.24, 2.45) is 0 Å². The number of nitrogens with zero attached hydrogens (tertiary/aromatic N) is 3. The Kier molecular flexibility index (Phi) is 7.28. The fourth-order valence-corrected chi connectivity index (χ4v) is 4.37. The first-order valence-corrected chi connectivity index (χ1v) is 11.6. The van der Waals surface area contributed by atoms with Gasteiger partial charge in [0.25, 0.3) is 11.6 Å². The van der Waals surface area contributed by atoms with Crippen molar-refractivity contribution < 1.29 is 23.7 Å². The zero-order valence-corrected chi connectivity index (χ0v) is 20.2. The summed E-state index contributed by atoms with van der Waals surface area (Å²) in [7, 11) is 0. The fraction of sp³-hybridized carbons (Fsp3) is 0.250. The summed E-state index contributed by atoms with van der Waals surface area (Å²) < 4.78 is 10.7. The van der Waals surface area contributed by atoms with Crippen LogP contribution < -0.4 is 4.90 Å². The molecule has 1 fully saturated rings. The molecule has 4 rings (SSSR count). The number of nitro groups is 1. The number of ether oxygens (including phenoxy) is 1. The number of benzene rings is 2. The predicted octanol–water partition coefficient (Wildman–Crippen LogP) is 5.30. The molecular weight excluding hydrogens is 497 g/mol. The van der Waals surface area contributed by atoms with Gasteiger partial charge in [0.05, 0.1) is 22.1 Å². The Morgan fingerprint density at radius 2 is 1.80 bits per heavy atom. The van der Waals surface area contributed by atoms with E-state index in [0.29, 0.717) is 53.2 Å². The number of halogens is 2. The summed E-state index contributed by atoms with van der Waals surface area (Å²) in [4.78, 5) is 39.5. The minimum absolute atomic E-state index is 0.116. The molecule has 1 aromatic heterocycles. The average molecular weight is 518 g/mol. The molecule has 1 saturated heterocycles. The third-order valence-corrected chi connectivity index (χ3v) is 6.15. The van der Waals surface area contributed by atoms with Crippen LogP contribution >= 0.6 is 23.2 Å². The van der Waals surface area contributed by atoms with Gasteiger partial charge in [-0.05, 0) is 49.4 Å². The van der Waals surface area contributed by atoms with Crippen LogP contribution in [0.4, 0.5) is 11.4 Å². The number of carbonyl (C=O) groups is 2. The number of amides is 1. The van der Waals surface area contributed by atoms with Crippen molar-refractivity contribution in [1.29, 1.82) is 0 Å². The van der Waals surface area contributed by atoms with Crippen molar-refractivity contribution >= 4 is 46.5 Å². The van der Waals surface area contributed by atoms with E-state index in [0.717, 1.165) is 0 Å². The third-order valence-electron chi connectivity index (χ3n) is 5.60. The number of furan rings is 1. The second-order valence-corrected chi connectivity index (χ2v) is 8.59. The van der Waals surface area contributed by atoms with E-state index in [9.17, 15) is 19.7 Å². The first kappa shape index (κ1) is 24.6. The molecule has 1 aliphatic rings. The molecule has 1 amide bonds. The smallest absolute Gasteiger partial charge is 0.338 e. The summed E-state index contributed by atoms with van der Waals surface area (Å²) in [5.41, 5.74) is 0.933. The summed E-state index contributed by atoms with van der Waals surface area (Å²) in [5, 5.41) is 12.6. The Bertz CT molecular complexity index is 1280. The Morgan fingerprint density at radius 1 is 1.06 bits per heavy atom. The quantitative estimate of drug-likeness (QED) is 0.248. The van der Waals surface area contributed by atoms with Gasteiger partial charge in [0.15, 0.2) is 5.76 Å². The molecule has 0 bridgehead atoms. The molecular formula is C24H21Cl2N3O6. The fourth-order valence-electron chi connectivity index (χ4n) is 3.87. The highest BCUT2D eigenvalue weighted by Gasteiger charge is 2.28. The zero-order chi connectivity index (χ0) is 25.1. The predicted molar refractivity (Wildman–Crippen MR) is 131 cm³/mol. The maximum atomic E-state index is 13.0. The van der Waals surface area contributed by atoms with E-state index in [4.69, 9.17) is 32.4 Å². The highest BCUT2D eigenvalue weighted by Crippen LogP contribution is 2.33. The highest BCUT2D eigenvalue weighted by molar-refractivity contribution is 6.36. The van der Waals surface area contributed by atoms with Crippen molar-refractivity contribution in [3.05, 3.63) is 80.0 Å². The lowest BCUT2D eigenvalue weighted by molar-refractivity contribution is -0.384. The Morgan fingerprint density at radius 3 is 2.46 bits per heavy atom. The Balaban J connectivity index is 1.45. The standard InChI is InChI=1S/C24H21Cl2N3O6/c1-2-34-24(31)15-3-6-19(20(13-15)29(32)33)27-9-11-28(12-10-27)23(30)22-8-7-21(35-22)17-5-4-16(25)14-18(17)26/h3-8,13-14H,2,9-12H2,1H3. The lowest BCUT2D eigenvalue weighted by atomic mass is 10.1.